The molecule has 0 aromatic rings. The number of likely N-dealkylation sites (N-methyl/N-ethyl adjacent to an activating group) is 1. The van der Waals surface area contributed by atoms with Crippen LogP contribution in [0.4, 0.5) is 0 Å². The van der Waals surface area contributed by atoms with Crippen LogP contribution in [-0.4, -0.2) is 88.3 Å². The number of halogens is 1. The lowest BCUT2D eigenvalue weighted by Crippen LogP contribution is -2.57. The maximum atomic E-state index is 12.9. The summed E-state index contributed by atoms with van der Waals surface area (Å²) in [5.74, 6) is -0.238. The Bertz CT molecular complexity index is 360. The third kappa shape index (κ3) is 5.39. The molecule has 22 heavy (non-hydrogen) atoms. The second-order valence-corrected chi connectivity index (χ2v) is 5.46. The molecule has 1 N–H and O–H groups in total. The van der Waals surface area contributed by atoms with Gasteiger partial charge in [-0.1, -0.05) is 0 Å². The van der Waals surface area contributed by atoms with E-state index in [1.54, 1.807) is 33.2 Å². The summed E-state index contributed by atoms with van der Waals surface area (Å²) >= 11 is 0. The fourth-order valence-electron chi connectivity index (χ4n) is 2.38. The van der Waals surface area contributed by atoms with Crippen molar-refractivity contribution < 1.29 is 19.1 Å². The van der Waals surface area contributed by atoms with Gasteiger partial charge in [0.25, 0.3) is 5.91 Å². The minimum Gasteiger partial charge on any atom is -0.383 e. The molecule has 1 rings (SSSR count). The van der Waals surface area contributed by atoms with Gasteiger partial charge in [-0.2, -0.15) is 0 Å². The van der Waals surface area contributed by atoms with Crippen molar-refractivity contribution in [2.24, 2.45) is 0 Å². The number of hydrogen-bond acceptors (Lipinski definition) is 5. The minimum atomic E-state index is -0.828. The van der Waals surface area contributed by atoms with Crippen LogP contribution < -0.4 is 5.32 Å². The van der Waals surface area contributed by atoms with Gasteiger partial charge < -0.3 is 24.6 Å². The summed E-state index contributed by atoms with van der Waals surface area (Å²) in [6.45, 7) is 2.30. The first-order valence-corrected chi connectivity index (χ1v) is 7.21. The van der Waals surface area contributed by atoms with E-state index in [9.17, 15) is 9.59 Å². The Labute approximate surface area is 138 Å². The monoisotopic (exact) mass is 337 g/mol. The molecule has 1 fully saturated rings. The van der Waals surface area contributed by atoms with Crippen LogP contribution in [0.5, 0.6) is 0 Å². The van der Waals surface area contributed by atoms with Gasteiger partial charge in [-0.3, -0.25) is 9.59 Å². The van der Waals surface area contributed by atoms with Crippen LogP contribution in [0.2, 0.25) is 0 Å². The molecular formula is C14H28ClN3O4. The van der Waals surface area contributed by atoms with Crippen molar-refractivity contribution in [2.45, 2.75) is 18.4 Å². The van der Waals surface area contributed by atoms with E-state index in [0.717, 1.165) is 13.1 Å². The van der Waals surface area contributed by atoms with Crippen LogP contribution in [0.15, 0.2) is 0 Å². The molecule has 0 saturated carbocycles. The molecule has 1 aliphatic heterocycles. The van der Waals surface area contributed by atoms with Gasteiger partial charge >= 0.3 is 0 Å². The van der Waals surface area contributed by atoms with E-state index >= 15 is 0 Å². The first-order valence-electron chi connectivity index (χ1n) is 7.21. The number of piperidine rings is 1. The normalized spacial score (nSPS) is 16.5. The molecule has 0 unspecified atom stereocenters. The average molecular weight is 338 g/mol. The first kappa shape index (κ1) is 21.1. The Morgan fingerprint density at radius 1 is 1.18 bits per heavy atom. The van der Waals surface area contributed by atoms with Crippen LogP contribution in [-0.2, 0) is 19.1 Å². The van der Waals surface area contributed by atoms with Gasteiger partial charge in [0.1, 0.15) is 5.60 Å². The van der Waals surface area contributed by atoms with Crippen molar-refractivity contribution in [1.29, 1.82) is 0 Å². The molecule has 1 saturated heterocycles. The molecule has 1 aliphatic rings. The number of nitrogens with zero attached hydrogens (tertiary/aromatic N) is 2. The zero-order valence-electron chi connectivity index (χ0n) is 13.9. The highest BCUT2D eigenvalue weighted by Crippen LogP contribution is 2.25. The van der Waals surface area contributed by atoms with E-state index in [2.05, 4.69) is 5.32 Å². The number of nitrogens with one attached hydrogen (secondary N) is 1. The number of methoxy groups -OCH3 is 2. The predicted octanol–water partition coefficient (Wildman–Crippen LogP) is -0.260. The zero-order chi connectivity index (χ0) is 15.9. The highest BCUT2D eigenvalue weighted by Gasteiger charge is 2.42. The van der Waals surface area contributed by atoms with Gasteiger partial charge in [0.05, 0.1) is 13.2 Å². The maximum Gasteiger partial charge on any atom is 0.255 e. The summed E-state index contributed by atoms with van der Waals surface area (Å²) in [5.41, 5.74) is -0.828. The van der Waals surface area contributed by atoms with Gasteiger partial charge in [-0.05, 0) is 25.9 Å². The smallest absolute Gasteiger partial charge is 0.255 e. The molecule has 2 amide bonds. The lowest BCUT2D eigenvalue weighted by atomic mass is 9.90. The molecule has 0 spiro atoms. The number of hydrogen-bond donors (Lipinski definition) is 1. The number of carbonyl (C=O) groups is 2. The van der Waals surface area contributed by atoms with Crippen molar-refractivity contribution >= 4 is 24.2 Å². The topological polar surface area (TPSA) is 71.1 Å². The highest BCUT2D eigenvalue weighted by atomic mass is 35.5. The van der Waals surface area contributed by atoms with E-state index in [4.69, 9.17) is 9.47 Å². The highest BCUT2D eigenvalue weighted by molar-refractivity contribution is 5.89. The van der Waals surface area contributed by atoms with E-state index in [-0.39, 0.29) is 30.8 Å². The molecule has 8 heteroatoms. The summed E-state index contributed by atoms with van der Waals surface area (Å²) in [6, 6.07) is 0. The molecular weight excluding hydrogens is 310 g/mol. The lowest BCUT2D eigenvalue weighted by Gasteiger charge is -2.38. The van der Waals surface area contributed by atoms with Crippen LogP contribution in [0.1, 0.15) is 12.8 Å². The van der Waals surface area contributed by atoms with E-state index < -0.39 is 5.60 Å². The van der Waals surface area contributed by atoms with Crippen LogP contribution >= 0.6 is 12.4 Å². The molecule has 7 nitrogen and oxygen atoms in total. The van der Waals surface area contributed by atoms with E-state index in [1.807, 2.05) is 0 Å². The standard InChI is InChI=1S/C14H27N3O4.ClH/c1-16(2)12(18)11-17(9-10-20-3)13(19)14(21-4)5-7-15-8-6-14;/h15H,5-11H2,1-4H3;1H. The van der Waals surface area contributed by atoms with Gasteiger partial charge in [0.2, 0.25) is 5.91 Å². The summed E-state index contributed by atoms with van der Waals surface area (Å²) in [4.78, 5) is 27.8. The van der Waals surface area contributed by atoms with Gasteiger partial charge in [-0.25, -0.2) is 0 Å². The van der Waals surface area contributed by atoms with Crippen molar-refractivity contribution in [1.82, 2.24) is 15.1 Å². The first-order chi connectivity index (χ1) is 9.96. The number of rotatable bonds is 7. The van der Waals surface area contributed by atoms with Crippen LogP contribution in [0.25, 0.3) is 0 Å². The largest absolute Gasteiger partial charge is 0.383 e. The lowest BCUT2D eigenvalue weighted by molar-refractivity contribution is -0.161. The second-order valence-electron chi connectivity index (χ2n) is 5.46. The number of carbonyl (C=O) groups excluding carboxylic acids is 2. The quantitative estimate of drug-likeness (QED) is 0.693. The third-order valence-electron chi connectivity index (χ3n) is 3.87. The Morgan fingerprint density at radius 2 is 1.77 bits per heavy atom. The van der Waals surface area contributed by atoms with E-state index in [0.29, 0.717) is 26.0 Å². The number of ether oxygens (including phenoxy) is 2. The second kappa shape index (κ2) is 9.99. The average Bonchev–Trinajstić information content (AvgIpc) is 2.50. The Balaban J connectivity index is 0.00000441. The summed E-state index contributed by atoms with van der Waals surface area (Å²) in [7, 11) is 6.49. The molecule has 0 bridgehead atoms. The van der Waals surface area contributed by atoms with Gasteiger partial charge in [0, 0.05) is 34.9 Å². The Hall–Kier alpha value is -0.890. The molecule has 0 aliphatic carbocycles. The van der Waals surface area contributed by atoms with Gasteiger partial charge in [-0.15, -0.1) is 12.4 Å². The van der Waals surface area contributed by atoms with Crippen LogP contribution in [0.3, 0.4) is 0 Å². The third-order valence-corrected chi connectivity index (χ3v) is 3.87. The van der Waals surface area contributed by atoms with Crippen molar-refractivity contribution in [3.8, 4) is 0 Å². The minimum absolute atomic E-state index is 0. The van der Waals surface area contributed by atoms with Crippen molar-refractivity contribution in [3.05, 3.63) is 0 Å². The summed E-state index contributed by atoms with van der Waals surface area (Å²) in [6.07, 6.45) is 1.23. The summed E-state index contributed by atoms with van der Waals surface area (Å²) in [5, 5.41) is 3.22. The van der Waals surface area contributed by atoms with Gasteiger partial charge in [0.15, 0.2) is 0 Å². The molecule has 0 aromatic heterocycles. The Morgan fingerprint density at radius 3 is 2.23 bits per heavy atom. The zero-order valence-corrected chi connectivity index (χ0v) is 14.7. The molecule has 0 atom stereocenters. The summed E-state index contributed by atoms with van der Waals surface area (Å²) < 4.78 is 10.6. The van der Waals surface area contributed by atoms with Crippen molar-refractivity contribution in [2.75, 3.05) is 61.1 Å². The molecule has 0 aromatic carbocycles. The SMILES string of the molecule is COCCN(CC(=O)N(C)C)C(=O)C1(OC)CCNCC1.Cl. The molecule has 0 radical (unpaired) electrons. The van der Waals surface area contributed by atoms with Crippen molar-refractivity contribution in [3.63, 3.8) is 0 Å². The fraction of sp³-hybridized carbons (Fsp3) is 0.857. The van der Waals surface area contributed by atoms with Crippen LogP contribution in [0, 0.1) is 0 Å². The Kier molecular flexibility index (Phi) is 9.59. The molecule has 130 valence electrons. The molecule has 1 heterocycles. The maximum absolute atomic E-state index is 12.9. The van der Waals surface area contributed by atoms with E-state index in [1.165, 1.54) is 4.90 Å². The fourth-order valence-corrected chi connectivity index (χ4v) is 2.38. The number of amides is 2. The predicted molar refractivity (Wildman–Crippen MR) is 86.2 cm³/mol.